The standard InChI is InChI=1S/C17H24N4O4S/c1-26(23,24)19-16-12-20(13-17(16)22)11-14-3-5-15(6-4-14)25-10-9-21-8-2-7-18-21/h2-8,16-17,19,22H,9-13H2,1H3/t16-,17-/m1/s1. The highest BCUT2D eigenvalue weighted by atomic mass is 32.2. The number of β-amino-alcohol motifs (C(OH)–C–C–N with tert-alkyl or cyclic N) is 1. The van der Waals surface area contributed by atoms with Gasteiger partial charge < -0.3 is 9.84 Å². The van der Waals surface area contributed by atoms with Crippen LogP contribution in [0.2, 0.25) is 0 Å². The van der Waals surface area contributed by atoms with E-state index >= 15 is 0 Å². The number of aliphatic hydroxyl groups excluding tert-OH is 1. The quantitative estimate of drug-likeness (QED) is 0.672. The lowest BCUT2D eigenvalue weighted by Crippen LogP contribution is -2.42. The van der Waals surface area contributed by atoms with Gasteiger partial charge in [0.25, 0.3) is 0 Å². The van der Waals surface area contributed by atoms with Crippen molar-refractivity contribution in [3.8, 4) is 5.75 Å². The van der Waals surface area contributed by atoms with Gasteiger partial charge in [0.1, 0.15) is 12.4 Å². The number of likely N-dealkylation sites (tertiary alicyclic amines) is 1. The SMILES string of the molecule is CS(=O)(=O)N[C@@H]1CN(Cc2ccc(OCCn3cccn3)cc2)C[C@H]1O. The van der Waals surface area contributed by atoms with Crippen LogP contribution in [0.15, 0.2) is 42.7 Å². The molecule has 2 N–H and O–H groups in total. The zero-order valence-corrected chi connectivity index (χ0v) is 15.5. The zero-order chi connectivity index (χ0) is 18.6. The van der Waals surface area contributed by atoms with Gasteiger partial charge in [-0.2, -0.15) is 5.10 Å². The first-order valence-electron chi connectivity index (χ1n) is 8.46. The fourth-order valence-corrected chi connectivity index (χ4v) is 3.81. The number of ether oxygens (including phenoxy) is 1. The first kappa shape index (κ1) is 18.8. The summed E-state index contributed by atoms with van der Waals surface area (Å²) >= 11 is 0. The summed E-state index contributed by atoms with van der Waals surface area (Å²) in [5.41, 5.74) is 1.08. The number of nitrogens with one attached hydrogen (secondary N) is 1. The molecule has 0 spiro atoms. The lowest BCUT2D eigenvalue weighted by atomic mass is 10.2. The molecule has 0 unspecified atom stereocenters. The van der Waals surface area contributed by atoms with Crippen molar-refractivity contribution >= 4 is 10.0 Å². The minimum atomic E-state index is -3.33. The van der Waals surface area contributed by atoms with Crippen LogP contribution in [0, 0.1) is 0 Å². The minimum Gasteiger partial charge on any atom is -0.492 e. The fourth-order valence-electron chi connectivity index (χ4n) is 3.03. The van der Waals surface area contributed by atoms with E-state index in [-0.39, 0.29) is 0 Å². The minimum absolute atomic E-state index is 0.440. The van der Waals surface area contributed by atoms with Crippen molar-refractivity contribution in [2.45, 2.75) is 25.2 Å². The average molecular weight is 380 g/mol. The van der Waals surface area contributed by atoms with Crippen LogP contribution in [0.25, 0.3) is 0 Å². The molecule has 0 radical (unpaired) electrons. The van der Waals surface area contributed by atoms with E-state index in [1.165, 1.54) is 0 Å². The number of sulfonamides is 1. The van der Waals surface area contributed by atoms with Gasteiger partial charge in [-0.05, 0) is 23.8 Å². The summed E-state index contributed by atoms with van der Waals surface area (Å²) in [6.45, 7) is 2.80. The molecule has 26 heavy (non-hydrogen) atoms. The molecule has 2 aromatic rings. The van der Waals surface area contributed by atoms with Crippen LogP contribution in [-0.2, 0) is 23.1 Å². The molecular formula is C17H24N4O4S. The molecule has 142 valence electrons. The Morgan fingerprint density at radius 1 is 1.31 bits per heavy atom. The van der Waals surface area contributed by atoms with Gasteiger partial charge in [0.05, 0.1) is 24.9 Å². The van der Waals surface area contributed by atoms with Crippen molar-refractivity contribution in [3.63, 3.8) is 0 Å². The zero-order valence-electron chi connectivity index (χ0n) is 14.7. The maximum absolute atomic E-state index is 11.3. The van der Waals surface area contributed by atoms with E-state index in [0.29, 0.717) is 32.8 Å². The summed E-state index contributed by atoms with van der Waals surface area (Å²) in [6.07, 6.45) is 4.03. The van der Waals surface area contributed by atoms with Crippen molar-refractivity contribution in [2.75, 3.05) is 26.0 Å². The Balaban J connectivity index is 1.47. The van der Waals surface area contributed by atoms with E-state index in [1.807, 2.05) is 46.1 Å². The van der Waals surface area contributed by atoms with Crippen molar-refractivity contribution in [1.29, 1.82) is 0 Å². The van der Waals surface area contributed by atoms with Crippen LogP contribution in [0.1, 0.15) is 5.56 Å². The summed E-state index contributed by atoms with van der Waals surface area (Å²) in [4.78, 5) is 2.03. The highest BCUT2D eigenvalue weighted by Crippen LogP contribution is 2.17. The van der Waals surface area contributed by atoms with Crippen LogP contribution in [0.5, 0.6) is 5.75 Å². The lowest BCUT2D eigenvalue weighted by Gasteiger charge is -2.16. The van der Waals surface area contributed by atoms with E-state index in [9.17, 15) is 13.5 Å². The van der Waals surface area contributed by atoms with Gasteiger partial charge in [0.2, 0.25) is 10.0 Å². The van der Waals surface area contributed by atoms with Crippen molar-refractivity contribution in [3.05, 3.63) is 48.3 Å². The summed E-state index contributed by atoms with van der Waals surface area (Å²) in [7, 11) is -3.33. The maximum Gasteiger partial charge on any atom is 0.209 e. The van der Waals surface area contributed by atoms with E-state index in [0.717, 1.165) is 17.6 Å². The van der Waals surface area contributed by atoms with E-state index in [2.05, 4.69) is 9.82 Å². The molecule has 2 heterocycles. The molecule has 1 aliphatic heterocycles. The average Bonchev–Trinajstić information content (AvgIpc) is 3.18. The summed E-state index contributed by atoms with van der Waals surface area (Å²) in [5, 5.41) is 14.1. The third kappa shape index (κ3) is 5.53. The Bertz CT molecular complexity index is 793. The van der Waals surface area contributed by atoms with Gasteiger partial charge in [0, 0.05) is 32.0 Å². The second-order valence-corrected chi connectivity index (χ2v) is 8.30. The number of benzene rings is 1. The smallest absolute Gasteiger partial charge is 0.209 e. The molecule has 9 heteroatoms. The number of aliphatic hydroxyl groups is 1. The molecule has 1 aromatic carbocycles. The topological polar surface area (TPSA) is 96.7 Å². The molecule has 8 nitrogen and oxygen atoms in total. The van der Waals surface area contributed by atoms with Crippen molar-refractivity contribution in [1.82, 2.24) is 19.4 Å². The Kier molecular flexibility index (Phi) is 5.92. The molecule has 0 bridgehead atoms. The Morgan fingerprint density at radius 3 is 2.73 bits per heavy atom. The Labute approximate surface area is 153 Å². The molecule has 2 atom stereocenters. The van der Waals surface area contributed by atoms with Crippen molar-refractivity contribution in [2.24, 2.45) is 0 Å². The fraction of sp³-hybridized carbons (Fsp3) is 0.471. The predicted octanol–water partition coefficient (Wildman–Crippen LogP) is 0.0564. The monoisotopic (exact) mass is 380 g/mol. The Hall–Kier alpha value is -1.94. The van der Waals surface area contributed by atoms with E-state index in [4.69, 9.17) is 4.74 Å². The molecule has 0 aliphatic carbocycles. The summed E-state index contributed by atoms with van der Waals surface area (Å²) in [6, 6.07) is 9.20. The van der Waals surface area contributed by atoms with Gasteiger partial charge in [-0.1, -0.05) is 12.1 Å². The second-order valence-electron chi connectivity index (χ2n) is 6.52. The van der Waals surface area contributed by atoms with E-state index in [1.54, 1.807) is 6.20 Å². The van der Waals surface area contributed by atoms with Crippen molar-refractivity contribution < 1.29 is 18.3 Å². The van der Waals surface area contributed by atoms with Crippen LogP contribution in [0.4, 0.5) is 0 Å². The molecule has 1 aromatic heterocycles. The third-order valence-corrected chi connectivity index (χ3v) is 4.94. The number of hydrogen-bond donors (Lipinski definition) is 2. The number of rotatable bonds is 8. The van der Waals surface area contributed by atoms with Crippen LogP contribution < -0.4 is 9.46 Å². The van der Waals surface area contributed by atoms with Crippen LogP contribution in [0.3, 0.4) is 0 Å². The predicted molar refractivity (Wildman–Crippen MR) is 97.2 cm³/mol. The van der Waals surface area contributed by atoms with Gasteiger partial charge in [-0.25, -0.2) is 13.1 Å². The molecule has 0 saturated carbocycles. The van der Waals surface area contributed by atoms with Crippen LogP contribution >= 0.6 is 0 Å². The van der Waals surface area contributed by atoms with E-state index < -0.39 is 22.2 Å². The molecular weight excluding hydrogens is 356 g/mol. The van der Waals surface area contributed by atoms with Gasteiger partial charge in [-0.3, -0.25) is 9.58 Å². The lowest BCUT2D eigenvalue weighted by molar-refractivity contribution is 0.160. The second kappa shape index (κ2) is 8.17. The Morgan fingerprint density at radius 2 is 2.08 bits per heavy atom. The normalized spacial score (nSPS) is 21.2. The molecule has 0 amide bonds. The first-order valence-corrected chi connectivity index (χ1v) is 10.3. The summed E-state index contributed by atoms with van der Waals surface area (Å²) < 4.78 is 32.7. The van der Waals surface area contributed by atoms with Gasteiger partial charge >= 0.3 is 0 Å². The summed E-state index contributed by atoms with van der Waals surface area (Å²) in [5.74, 6) is 0.791. The third-order valence-electron chi connectivity index (χ3n) is 4.21. The van der Waals surface area contributed by atoms with Gasteiger partial charge in [0.15, 0.2) is 0 Å². The number of hydrogen-bond acceptors (Lipinski definition) is 6. The molecule has 1 saturated heterocycles. The highest BCUT2D eigenvalue weighted by Gasteiger charge is 2.32. The van der Waals surface area contributed by atoms with Crippen LogP contribution in [-0.4, -0.2) is 66.3 Å². The number of nitrogens with zero attached hydrogens (tertiary/aromatic N) is 3. The maximum atomic E-state index is 11.3. The first-order chi connectivity index (χ1) is 12.4. The highest BCUT2D eigenvalue weighted by molar-refractivity contribution is 7.88. The number of aromatic nitrogens is 2. The van der Waals surface area contributed by atoms with Gasteiger partial charge in [-0.15, -0.1) is 0 Å². The molecule has 1 aliphatic rings. The largest absolute Gasteiger partial charge is 0.492 e. The molecule has 1 fully saturated rings. The molecule has 3 rings (SSSR count).